The molecule has 0 saturated carbocycles. The molecule has 0 radical (unpaired) electrons. The summed E-state index contributed by atoms with van der Waals surface area (Å²) in [5.74, 6) is -0.297. The first-order valence-corrected chi connectivity index (χ1v) is 13.1. The van der Waals surface area contributed by atoms with Crippen LogP contribution in [0.1, 0.15) is 29.3 Å². The fourth-order valence-corrected chi connectivity index (χ4v) is 4.92. The molecule has 1 fully saturated rings. The summed E-state index contributed by atoms with van der Waals surface area (Å²) in [4.78, 5) is 44.4. The van der Waals surface area contributed by atoms with E-state index >= 15 is 0 Å². The van der Waals surface area contributed by atoms with Crippen molar-refractivity contribution >= 4 is 57.7 Å². The van der Waals surface area contributed by atoms with Gasteiger partial charge in [-0.15, -0.1) is 0 Å². The number of amides is 2. The minimum Gasteiger partial charge on any atom is -0.494 e. The molecule has 0 spiro atoms. The van der Waals surface area contributed by atoms with Gasteiger partial charge >= 0.3 is 5.97 Å². The molecule has 3 aromatic carbocycles. The zero-order valence-electron chi connectivity index (χ0n) is 20.8. The zero-order valence-corrected chi connectivity index (χ0v) is 22.4. The maximum atomic E-state index is 13.3. The number of thioether (sulfide) groups is 1. The molecular weight excluding hydrogens is 526 g/mol. The second-order valence-electron chi connectivity index (χ2n) is 8.30. The fraction of sp³-hybridized carbons (Fsp3) is 0.214. The van der Waals surface area contributed by atoms with Crippen LogP contribution in [0.2, 0.25) is 5.02 Å². The van der Waals surface area contributed by atoms with Crippen molar-refractivity contribution in [2.45, 2.75) is 25.1 Å². The van der Waals surface area contributed by atoms with Gasteiger partial charge in [-0.2, -0.15) is 0 Å². The molecule has 1 aliphatic rings. The Morgan fingerprint density at radius 2 is 1.74 bits per heavy atom. The molecular formula is C28H26ClN3O5S. The smallest absolute Gasteiger partial charge is 0.337 e. The van der Waals surface area contributed by atoms with E-state index in [0.717, 1.165) is 11.3 Å². The number of methoxy groups -OCH3 is 1. The normalized spacial score (nSPS) is 16.3. The molecule has 10 heteroatoms. The van der Waals surface area contributed by atoms with E-state index in [1.807, 2.05) is 31.2 Å². The van der Waals surface area contributed by atoms with E-state index in [4.69, 9.17) is 26.1 Å². The Balaban J connectivity index is 1.55. The summed E-state index contributed by atoms with van der Waals surface area (Å²) in [5.41, 5.74) is 2.39. The van der Waals surface area contributed by atoms with Crippen LogP contribution in [0.3, 0.4) is 0 Å². The van der Waals surface area contributed by atoms with E-state index in [1.165, 1.54) is 18.9 Å². The van der Waals surface area contributed by atoms with E-state index in [-0.39, 0.29) is 18.2 Å². The number of benzene rings is 3. The Morgan fingerprint density at radius 3 is 2.37 bits per heavy atom. The van der Waals surface area contributed by atoms with Gasteiger partial charge in [0.1, 0.15) is 11.0 Å². The Hall–Kier alpha value is -3.82. The molecule has 1 atom stereocenters. The first-order valence-electron chi connectivity index (χ1n) is 11.9. The summed E-state index contributed by atoms with van der Waals surface area (Å²) >= 11 is 7.25. The number of amidine groups is 1. The van der Waals surface area contributed by atoms with E-state index in [0.29, 0.717) is 40.3 Å². The van der Waals surface area contributed by atoms with Crippen molar-refractivity contribution in [2.24, 2.45) is 4.99 Å². The highest BCUT2D eigenvalue weighted by molar-refractivity contribution is 8.15. The summed E-state index contributed by atoms with van der Waals surface area (Å²) in [6.07, 6.45) is 0.00658. The zero-order chi connectivity index (χ0) is 27.1. The van der Waals surface area contributed by atoms with Gasteiger partial charge in [-0.25, -0.2) is 9.79 Å². The van der Waals surface area contributed by atoms with Gasteiger partial charge in [0.15, 0.2) is 5.17 Å². The number of hydrogen-bond donors (Lipinski definition) is 1. The number of aliphatic imine (C=N–C) groups is 1. The molecule has 1 aliphatic heterocycles. The third-order valence-corrected chi connectivity index (χ3v) is 7.07. The summed E-state index contributed by atoms with van der Waals surface area (Å²) in [5, 5.41) is 3.16. The number of carbonyl (C=O) groups is 3. The second kappa shape index (κ2) is 12.6. The minimum atomic E-state index is -0.689. The number of carbonyl (C=O) groups excluding carboxylic acids is 3. The number of ether oxygens (including phenoxy) is 2. The standard InChI is InChI=1S/C28H26ClN3O5S/c1-3-37-23-14-12-22(13-15-23)31-28-32(17-18-4-8-20(29)9-5-18)25(33)16-24(38-28)26(34)30-21-10-6-19(7-11-21)27(35)36-2/h4-15,24H,3,16-17H2,1-2H3,(H,30,34). The lowest BCUT2D eigenvalue weighted by atomic mass is 10.2. The number of esters is 1. The summed E-state index contributed by atoms with van der Waals surface area (Å²) in [6, 6.07) is 20.8. The van der Waals surface area contributed by atoms with Crippen LogP contribution in [-0.4, -0.2) is 46.8 Å². The van der Waals surface area contributed by atoms with Crippen LogP contribution in [0.4, 0.5) is 11.4 Å². The molecule has 4 rings (SSSR count). The van der Waals surface area contributed by atoms with Crippen LogP contribution in [0.25, 0.3) is 0 Å². The summed E-state index contributed by atoms with van der Waals surface area (Å²) in [7, 11) is 1.30. The molecule has 0 aliphatic carbocycles. The first kappa shape index (κ1) is 27.2. The van der Waals surface area contributed by atoms with Gasteiger partial charge in [0.05, 0.1) is 31.5 Å². The van der Waals surface area contributed by atoms with E-state index < -0.39 is 11.2 Å². The molecule has 0 aromatic heterocycles. The predicted octanol–water partition coefficient (Wildman–Crippen LogP) is 5.69. The second-order valence-corrected chi connectivity index (χ2v) is 9.90. The lowest BCUT2D eigenvalue weighted by Crippen LogP contribution is -2.44. The fourth-order valence-electron chi connectivity index (χ4n) is 3.69. The largest absolute Gasteiger partial charge is 0.494 e. The Kier molecular flexibility index (Phi) is 9.04. The van der Waals surface area contributed by atoms with E-state index in [9.17, 15) is 14.4 Å². The lowest BCUT2D eigenvalue weighted by Gasteiger charge is -2.32. The Labute approximate surface area is 230 Å². The average Bonchev–Trinajstić information content (AvgIpc) is 2.92. The van der Waals surface area contributed by atoms with Gasteiger partial charge in [-0.1, -0.05) is 35.5 Å². The molecule has 196 valence electrons. The minimum absolute atomic E-state index is 0.00658. The summed E-state index contributed by atoms with van der Waals surface area (Å²) in [6.45, 7) is 2.75. The molecule has 0 bridgehead atoms. The third kappa shape index (κ3) is 6.93. The van der Waals surface area contributed by atoms with E-state index in [2.05, 4.69) is 5.32 Å². The van der Waals surface area contributed by atoms with Crippen LogP contribution >= 0.6 is 23.4 Å². The van der Waals surface area contributed by atoms with Crippen molar-refractivity contribution < 1.29 is 23.9 Å². The Morgan fingerprint density at radius 1 is 1.05 bits per heavy atom. The van der Waals surface area contributed by atoms with Gasteiger partial charge < -0.3 is 14.8 Å². The summed E-state index contributed by atoms with van der Waals surface area (Å²) < 4.78 is 10.2. The maximum absolute atomic E-state index is 13.3. The van der Waals surface area contributed by atoms with Crippen LogP contribution < -0.4 is 10.1 Å². The molecule has 1 saturated heterocycles. The first-order chi connectivity index (χ1) is 18.4. The average molecular weight is 552 g/mol. The molecule has 8 nitrogen and oxygen atoms in total. The van der Waals surface area contributed by atoms with Gasteiger partial charge in [0.25, 0.3) is 0 Å². The number of rotatable bonds is 8. The SMILES string of the molecule is CCOc1ccc(N=C2SC(C(=O)Nc3ccc(C(=O)OC)cc3)CC(=O)N2Cc2ccc(Cl)cc2)cc1. The van der Waals surface area contributed by atoms with Crippen molar-refractivity contribution in [3.63, 3.8) is 0 Å². The predicted molar refractivity (Wildman–Crippen MR) is 149 cm³/mol. The van der Waals surface area contributed by atoms with Crippen molar-refractivity contribution in [3.05, 3.63) is 88.9 Å². The van der Waals surface area contributed by atoms with E-state index in [1.54, 1.807) is 53.4 Å². The number of anilines is 1. The highest BCUT2D eigenvalue weighted by Crippen LogP contribution is 2.31. The lowest BCUT2D eigenvalue weighted by molar-refractivity contribution is -0.129. The Bertz CT molecular complexity index is 1330. The van der Waals surface area contributed by atoms with Crippen molar-refractivity contribution in [3.8, 4) is 5.75 Å². The van der Waals surface area contributed by atoms with Gasteiger partial charge in [-0.3, -0.25) is 14.5 Å². The van der Waals surface area contributed by atoms with Crippen molar-refractivity contribution in [2.75, 3.05) is 19.0 Å². The molecule has 1 heterocycles. The monoisotopic (exact) mass is 551 g/mol. The molecule has 1 unspecified atom stereocenters. The topological polar surface area (TPSA) is 97.3 Å². The number of halogens is 1. The van der Waals surface area contributed by atoms with Gasteiger partial charge in [0.2, 0.25) is 11.8 Å². The number of nitrogens with one attached hydrogen (secondary N) is 1. The van der Waals surface area contributed by atoms with Gasteiger partial charge in [0, 0.05) is 17.1 Å². The maximum Gasteiger partial charge on any atom is 0.337 e. The molecule has 1 N–H and O–H groups in total. The van der Waals surface area contributed by atoms with Crippen LogP contribution in [-0.2, 0) is 20.9 Å². The molecule has 38 heavy (non-hydrogen) atoms. The van der Waals surface area contributed by atoms with Crippen LogP contribution in [0.15, 0.2) is 77.8 Å². The van der Waals surface area contributed by atoms with Crippen molar-refractivity contribution in [1.82, 2.24) is 4.90 Å². The van der Waals surface area contributed by atoms with Crippen molar-refractivity contribution in [1.29, 1.82) is 0 Å². The highest BCUT2D eigenvalue weighted by atomic mass is 35.5. The molecule has 2 amide bonds. The number of hydrogen-bond acceptors (Lipinski definition) is 7. The van der Waals surface area contributed by atoms with Crippen LogP contribution in [0, 0.1) is 0 Å². The number of nitrogens with zero attached hydrogens (tertiary/aromatic N) is 2. The van der Waals surface area contributed by atoms with Crippen LogP contribution in [0.5, 0.6) is 5.75 Å². The highest BCUT2D eigenvalue weighted by Gasteiger charge is 2.36. The quantitative estimate of drug-likeness (QED) is 0.361. The molecule has 3 aromatic rings. The third-order valence-electron chi connectivity index (χ3n) is 5.63. The van der Waals surface area contributed by atoms with Gasteiger partial charge in [-0.05, 0) is 73.2 Å².